The van der Waals surface area contributed by atoms with Gasteiger partial charge in [0, 0.05) is 10.0 Å². The number of aryl methyl sites for hydroxylation is 1. The van der Waals surface area contributed by atoms with Gasteiger partial charge in [-0.2, -0.15) is 4.80 Å². The molecule has 3 aromatic rings. The van der Waals surface area contributed by atoms with Crippen molar-refractivity contribution in [2.24, 2.45) is 0 Å². The third-order valence-corrected chi connectivity index (χ3v) is 4.43. The van der Waals surface area contributed by atoms with Gasteiger partial charge in [0.05, 0.1) is 6.54 Å². The van der Waals surface area contributed by atoms with Gasteiger partial charge in [-0.15, -0.1) is 10.2 Å². The molecule has 0 amide bonds. The first-order chi connectivity index (χ1) is 11.2. The first-order valence-corrected chi connectivity index (χ1v) is 7.92. The van der Waals surface area contributed by atoms with E-state index in [9.17, 15) is 0 Å². The van der Waals surface area contributed by atoms with Gasteiger partial charge in [-0.05, 0) is 35.4 Å². The molecule has 2 heterocycles. The van der Waals surface area contributed by atoms with Gasteiger partial charge in [0.1, 0.15) is 0 Å². The number of nitrogens with zero attached hydrogens (tertiary/aromatic N) is 4. The molecule has 0 radical (unpaired) electrons. The summed E-state index contributed by atoms with van der Waals surface area (Å²) in [6.07, 6.45) is 0. The van der Waals surface area contributed by atoms with Crippen LogP contribution in [-0.4, -0.2) is 27.0 Å². The number of hydrogen-bond donors (Lipinski definition) is 0. The zero-order valence-corrected chi connectivity index (χ0v) is 13.9. The van der Waals surface area contributed by atoms with Gasteiger partial charge in [0.25, 0.3) is 0 Å². The van der Waals surface area contributed by atoms with Crippen LogP contribution in [0.5, 0.6) is 11.5 Å². The predicted octanol–water partition coefficient (Wildman–Crippen LogP) is 3.19. The number of fused-ring (bicyclic) bond motifs is 1. The Hall–Kier alpha value is -2.41. The SMILES string of the molecule is Cc1ccccc1-c1nnn(Cc2cc3c(cc2Br)OCO3)n1. The first-order valence-electron chi connectivity index (χ1n) is 7.12. The second-order valence-corrected chi connectivity index (χ2v) is 6.11. The Morgan fingerprint density at radius 2 is 1.96 bits per heavy atom. The second-order valence-electron chi connectivity index (χ2n) is 5.26. The van der Waals surface area contributed by atoms with Crippen molar-refractivity contribution in [3.8, 4) is 22.9 Å². The van der Waals surface area contributed by atoms with Crippen LogP contribution in [0.4, 0.5) is 0 Å². The van der Waals surface area contributed by atoms with Crippen LogP contribution in [0.3, 0.4) is 0 Å². The number of tetrazole rings is 1. The highest BCUT2D eigenvalue weighted by atomic mass is 79.9. The fraction of sp³-hybridized carbons (Fsp3) is 0.188. The minimum absolute atomic E-state index is 0.254. The van der Waals surface area contributed by atoms with E-state index >= 15 is 0 Å². The van der Waals surface area contributed by atoms with Crippen LogP contribution in [0, 0.1) is 6.92 Å². The van der Waals surface area contributed by atoms with Crippen molar-refractivity contribution in [1.82, 2.24) is 20.2 Å². The van der Waals surface area contributed by atoms with Crippen molar-refractivity contribution in [1.29, 1.82) is 0 Å². The van der Waals surface area contributed by atoms with Crippen molar-refractivity contribution in [2.75, 3.05) is 6.79 Å². The van der Waals surface area contributed by atoms with Gasteiger partial charge in [0.2, 0.25) is 12.6 Å². The first kappa shape index (κ1) is 14.2. The zero-order valence-electron chi connectivity index (χ0n) is 12.4. The molecule has 0 aliphatic carbocycles. The molecule has 0 unspecified atom stereocenters. The monoisotopic (exact) mass is 372 g/mol. The van der Waals surface area contributed by atoms with Crippen LogP contribution in [-0.2, 0) is 6.54 Å². The van der Waals surface area contributed by atoms with Crippen molar-refractivity contribution in [3.63, 3.8) is 0 Å². The molecule has 2 aromatic carbocycles. The highest BCUT2D eigenvalue weighted by Crippen LogP contribution is 2.37. The van der Waals surface area contributed by atoms with E-state index in [0.717, 1.165) is 32.7 Å². The number of halogens is 1. The predicted molar refractivity (Wildman–Crippen MR) is 87.4 cm³/mol. The Kier molecular flexibility index (Phi) is 3.49. The summed E-state index contributed by atoms with van der Waals surface area (Å²) in [5, 5.41) is 12.8. The van der Waals surface area contributed by atoms with Crippen molar-refractivity contribution < 1.29 is 9.47 Å². The lowest BCUT2D eigenvalue weighted by Gasteiger charge is -2.05. The van der Waals surface area contributed by atoms with E-state index in [2.05, 4.69) is 31.3 Å². The van der Waals surface area contributed by atoms with E-state index in [0.29, 0.717) is 12.4 Å². The van der Waals surface area contributed by atoms with Crippen LogP contribution < -0.4 is 9.47 Å². The lowest BCUT2D eigenvalue weighted by Crippen LogP contribution is -2.05. The number of benzene rings is 2. The lowest BCUT2D eigenvalue weighted by atomic mass is 10.1. The molecule has 1 aliphatic rings. The van der Waals surface area contributed by atoms with Crippen LogP contribution in [0.15, 0.2) is 40.9 Å². The fourth-order valence-corrected chi connectivity index (χ4v) is 2.92. The molecule has 116 valence electrons. The maximum atomic E-state index is 5.41. The van der Waals surface area contributed by atoms with E-state index in [-0.39, 0.29) is 6.79 Å². The minimum atomic E-state index is 0.254. The van der Waals surface area contributed by atoms with E-state index in [4.69, 9.17) is 9.47 Å². The normalized spacial score (nSPS) is 12.6. The molecule has 0 spiro atoms. The number of hydrogen-bond acceptors (Lipinski definition) is 5. The third-order valence-electron chi connectivity index (χ3n) is 3.69. The molecule has 7 heteroatoms. The molecule has 0 saturated carbocycles. The summed E-state index contributed by atoms with van der Waals surface area (Å²) in [6.45, 7) is 2.78. The quantitative estimate of drug-likeness (QED) is 0.706. The van der Waals surface area contributed by atoms with Gasteiger partial charge >= 0.3 is 0 Å². The van der Waals surface area contributed by atoms with Crippen LogP contribution in [0.2, 0.25) is 0 Å². The largest absolute Gasteiger partial charge is 0.454 e. The van der Waals surface area contributed by atoms with E-state index in [1.165, 1.54) is 0 Å². The summed E-state index contributed by atoms with van der Waals surface area (Å²) in [6, 6.07) is 11.8. The highest BCUT2D eigenvalue weighted by Gasteiger charge is 2.17. The average Bonchev–Trinajstić information content (AvgIpc) is 3.17. The molecule has 0 N–H and O–H groups in total. The molecular formula is C16H13BrN4O2. The lowest BCUT2D eigenvalue weighted by molar-refractivity contribution is 0.174. The fourth-order valence-electron chi connectivity index (χ4n) is 2.47. The Morgan fingerprint density at radius 3 is 2.78 bits per heavy atom. The number of ether oxygens (including phenoxy) is 2. The molecular weight excluding hydrogens is 360 g/mol. The van der Waals surface area contributed by atoms with E-state index < -0.39 is 0 Å². The molecule has 0 fully saturated rings. The number of aromatic nitrogens is 4. The standard InChI is InChI=1S/C16H13BrN4O2/c1-10-4-2-3-5-12(10)16-18-20-21(19-16)8-11-6-14-15(7-13(11)17)23-9-22-14/h2-7H,8-9H2,1H3. The Labute approximate surface area is 141 Å². The Bertz CT molecular complexity index is 878. The summed E-state index contributed by atoms with van der Waals surface area (Å²) in [5.74, 6) is 2.11. The van der Waals surface area contributed by atoms with Crippen LogP contribution in [0.25, 0.3) is 11.4 Å². The molecule has 4 rings (SSSR count). The highest BCUT2D eigenvalue weighted by molar-refractivity contribution is 9.10. The summed E-state index contributed by atoms with van der Waals surface area (Å²) >= 11 is 3.55. The Morgan fingerprint density at radius 1 is 1.17 bits per heavy atom. The molecule has 1 aliphatic heterocycles. The zero-order chi connectivity index (χ0) is 15.8. The van der Waals surface area contributed by atoms with Gasteiger partial charge < -0.3 is 9.47 Å². The van der Waals surface area contributed by atoms with Crippen molar-refractivity contribution >= 4 is 15.9 Å². The molecule has 0 saturated heterocycles. The van der Waals surface area contributed by atoms with Crippen molar-refractivity contribution in [2.45, 2.75) is 13.5 Å². The molecule has 0 atom stereocenters. The summed E-state index contributed by atoms with van der Waals surface area (Å²) in [7, 11) is 0. The molecule has 1 aromatic heterocycles. The van der Waals surface area contributed by atoms with E-state index in [1.807, 2.05) is 43.3 Å². The molecule has 0 bridgehead atoms. The van der Waals surface area contributed by atoms with Crippen LogP contribution in [0.1, 0.15) is 11.1 Å². The van der Waals surface area contributed by atoms with Gasteiger partial charge in [0.15, 0.2) is 11.5 Å². The van der Waals surface area contributed by atoms with Crippen molar-refractivity contribution in [3.05, 3.63) is 52.0 Å². The van der Waals surface area contributed by atoms with Gasteiger partial charge in [-0.3, -0.25) is 0 Å². The Balaban J connectivity index is 1.63. The second kappa shape index (κ2) is 5.66. The summed E-state index contributed by atoms with van der Waals surface area (Å²) in [5.41, 5.74) is 3.11. The number of rotatable bonds is 3. The van der Waals surface area contributed by atoms with Crippen LogP contribution >= 0.6 is 15.9 Å². The topological polar surface area (TPSA) is 62.1 Å². The average molecular weight is 373 g/mol. The van der Waals surface area contributed by atoms with Gasteiger partial charge in [-0.1, -0.05) is 40.2 Å². The minimum Gasteiger partial charge on any atom is -0.454 e. The summed E-state index contributed by atoms with van der Waals surface area (Å²) < 4.78 is 11.7. The summed E-state index contributed by atoms with van der Waals surface area (Å²) in [4.78, 5) is 1.57. The third kappa shape index (κ3) is 2.68. The maximum Gasteiger partial charge on any atom is 0.231 e. The molecule has 6 nitrogen and oxygen atoms in total. The maximum absolute atomic E-state index is 5.41. The smallest absolute Gasteiger partial charge is 0.231 e. The van der Waals surface area contributed by atoms with E-state index in [1.54, 1.807) is 4.80 Å². The van der Waals surface area contributed by atoms with Gasteiger partial charge in [-0.25, -0.2) is 0 Å². The molecule has 23 heavy (non-hydrogen) atoms.